The van der Waals surface area contributed by atoms with Gasteiger partial charge in [0.05, 0.1) is 0 Å². The van der Waals surface area contributed by atoms with Crippen molar-refractivity contribution in [1.29, 1.82) is 0 Å². The highest BCUT2D eigenvalue weighted by molar-refractivity contribution is 5.73. The van der Waals surface area contributed by atoms with Gasteiger partial charge in [-0.3, -0.25) is 0 Å². The van der Waals surface area contributed by atoms with Crippen LogP contribution in [0.2, 0.25) is 0 Å². The summed E-state index contributed by atoms with van der Waals surface area (Å²) in [5.74, 6) is 8.00. The summed E-state index contributed by atoms with van der Waals surface area (Å²) >= 11 is 0. The first-order chi connectivity index (χ1) is 10.3. The second-order valence-electron chi connectivity index (χ2n) is 4.97. The van der Waals surface area contributed by atoms with Crippen molar-refractivity contribution < 1.29 is 4.42 Å². The fraction of sp³-hybridized carbons (Fsp3) is 0.100. The molecule has 0 saturated heterocycles. The van der Waals surface area contributed by atoms with Crippen molar-refractivity contribution in [2.45, 2.75) is 13.8 Å². The number of benzene rings is 2. The molecule has 0 atom stereocenters. The third kappa shape index (κ3) is 2.75. The SMILES string of the molecule is Cc1oc(C#Cc2ccccc2)c(-c2ccccc2)c1C. The van der Waals surface area contributed by atoms with E-state index in [-0.39, 0.29) is 0 Å². The first-order valence-electron chi connectivity index (χ1n) is 6.98. The average molecular weight is 272 g/mol. The van der Waals surface area contributed by atoms with Crippen LogP contribution in [0.25, 0.3) is 11.1 Å². The first-order valence-corrected chi connectivity index (χ1v) is 6.98. The van der Waals surface area contributed by atoms with Gasteiger partial charge in [-0.25, -0.2) is 0 Å². The molecule has 0 aliphatic heterocycles. The molecular weight excluding hydrogens is 256 g/mol. The fourth-order valence-corrected chi connectivity index (χ4v) is 2.32. The third-order valence-electron chi connectivity index (χ3n) is 3.54. The summed E-state index contributed by atoms with van der Waals surface area (Å²) in [5.41, 5.74) is 4.38. The Kier molecular flexibility index (Phi) is 3.62. The second kappa shape index (κ2) is 5.73. The van der Waals surface area contributed by atoms with Crippen molar-refractivity contribution in [2.75, 3.05) is 0 Å². The predicted molar refractivity (Wildman–Crippen MR) is 86.0 cm³/mol. The lowest BCUT2D eigenvalue weighted by Gasteiger charge is -1.99. The van der Waals surface area contributed by atoms with Crippen LogP contribution in [0.1, 0.15) is 22.6 Å². The fourth-order valence-electron chi connectivity index (χ4n) is 2.32. The maximum atomic E-state index is 5.85. The largest absolute Gasteiger partial charge is 0.452 e. The van der Waals surface area contributed by atoms with Gasteiger partial charge < -0.3 is 4.42 Å². The molecule has 3 aromatic rings. The van der Waals surface area contributed by atoms with E-state index in [1.165, 1.54) is 0 Å². The van der Waals surface area contributed by atoms with Gasteiger partial charge in [-0.15, -0.1) is 0 Å². The molecule has 0 unspecified atom stereocenters. The third-order valence-corrected chi connectivity index (χ3v) is 3.54. The van der Waals surface area contributed by atoms with Gasteiger partial charge in [-0.2, -0.15) is 0 Å². The van der Waals surface area contributed by atoms with Crippen molar-refractivity contribution >= 4 is 0 Å². The van der Waals surface area contributed by atoms with Crippen molar-refractivity contribution in [3.63, 3.8) is 0 Å². The quantitative estimate of drug-likeness (QED) is 0.570. The zero-order valence-corrected chi connectivity index (χ0v) is 12.2. The van der Waals surface area contributed by atoms with Gasteiger partial charge in [0.15, 0.2) is 5.76 Å². The van der Waals surface area contributed by atoms with E-state index in [9.17, 15) is 0 Å². The number of aryl methyl sites for hydroxylation is 1. The van der Waals surface area contributed by atoms with Crippen LogP contribution in [-0.4, -0.2) is 0 Å². The van der Waals surface area contributed by atoms with Crippen LogP contribution in [0, 0.1) is 25.7 Å². The van der Waals surface area contributed by atoms with Gasteiger partial charge >= 0.3 is 0 Å². The summed E-state index contributed by atoms with van der Waals surface area (Å²) in [5, 5.41) is 0. The first kappa shape index (κ1) is 13.3. The van der Waals surface area contributed by atoms with Gasteiger partial charge in [-0.1, -0.05) is 54.5 Å². The minimum atomic E-state index is 0.736. The summed E-state index contributed by atoms with van der Waals surface area (Å²) in [6, 6.07) is 20.2. The van der Waals surface area contributed by atoms with Gasteiger partial charge in [0, 0.05) is 11.1 Å². The molecule has 1 nitrogen and oxygen atoms in total. The van der Waals surface area contributed by atoms with E-state index in [0.29, 0.717) is 0 Å². The van der Waals surface area contributed by atoms with E-state index in [1.807, 2.05) is 55.5 Å². The normalized spacial score (nSPS) is 10.0. The maximum absolute atomic E-state index is 5.85. The molecule has 0 saturated carbocycles. The van der Waals surface area contributed by atoms with Crippen molar-refractivity contribution in [1.82, 2.24) is 0 Å². The van der Waals surface area contributed by atoms with Crippen molar-refractivity contribution in [3.8, 4) is 23.0 Å². The van der Waals surface area contributed by atoms with Gasteiger partial charge in [0.1, 0.15) is 5.76 Å². The molecule has 1 aromatic heterocycles. The Morgan fingerprint density at radius 2 is 1.38 bits per heavy atom. The van der Waals surface area contributed by atoms with E-state index < -0.39 is 0 Å². The van der Waals surface area contributed by atoms with Gasteiger partial charge in [-0.05, 0) is 43.0 Å². The van der Waals surface area contributed by atoms with E-state index in [1.54, 1.807) is 0 Å². The molecule has 0 amide bonds. The summed E-state index contributed by atoms with van der Waals surface area (Å²) < 4.78 is 5.85. The zero-order chi connectivity index (χ0) is 14.7. The average Bonchev–Trinajstić information content (AvgIpc) is 2.82. The Balaban J connectivity index is 2.09. The topological polar surface area (TPSA) is 13.1 Å². The van der Waals surface area contributed by atoms with Crippen LogP contribution in [0.15, 0.2) is 65.1 Å². The Morgan fingerprint density at radius 3 is 2.05 bits per heavy atom. The monoisotopic (exact) mass is 272 g/mol. The smallest absolute Gasteiger partial charge is 0.185 e. The molecule has 0 radical (unpaired) electrons. The number of hydrogen-bond acceptors (Lipinski definition) is 1. The lowest BCUT2D eigenvalue weighted by molar-refractivity contribution is 0.521. The summed E-state index contributed by atoms with van der Waals surface area (Å²) in [7, 11) is 0. The van der Waals surface area contributed by atoms with E-state index in [2.05, 4.69) is 30.9 Å². The van der Waals surface area contributed by atoms with Crippen LogP contribution in [0.5, 0.6) is 0 Å². The molecular formula is C20H16O. The van der Waals surface area contributed by atoms with Crippen LogP contribution in [0.3, 0.4) is 0 Å². The zero-order valence-electron chi connectivity index (χ0n) is 12.2. The number of furan rings is 1. The molecule has 1 heteroatoms. The molecule has 21 heavy (non-hydrogen) atoms. The van der Waals surface area contributed by atoms with Crippen LogP contribution in [0.4, 0.5) is 0 Å². The summed E-state index contributed by atoms with van der Waals surface area (Å²) in [6.07, 6.45) is 0. The van der Waals surface area contributed by atoms with Crippen LogP contribution < -0.4 is 0 Å². The Hall–Kier alpha value is -2.72. The molecule has 0 aliphatic carbocycles. The summed E-state index contributed by atoms with van der Waals surface area (Å²) in [6.45, 7) is 4.06. The standard InChI is InChI=1S/C20H16O/c1-15-16(2)21-19(14-13-17-9-5-3-6-10-17)20(15)18-11-7-4-8-12-18/h3-12H,1-2H3. The van der Waals surface area contributed by atoms with Gasteiger partial charge in [0.2, 0.25) is 0 Å². The molecule has 2 aromatic carbocycles. The molecule has 0 bridgehead atoms. The van der Waals surface area contributed by atoms with E-state index in [0.717, 1.165) is 33.8 Å². The molecule has 0 aliphatic rings. The van der Waals surface area contributed by atoms with Crippen LogP contribution in [-0.2, 0) is 0 Å². The van der Waals surface area contributed by atoms with Gasteiger partial charge in [0.25, 0.3) is 0 Å². The maximum Gasteiger partial charge on any atom is 0.185 e. The minimum Gasteiger partial charge on any atom is -0.452 e. The second-order valence-corrected chi connectivity index (χ2v) is 4.97. The Bertz CT molecular complexity index is 800. The number of hydrogen-bond donors (Lipinski definition) is 0. The molecule has 0 N–H and O–H groups in total. The highest BCUT2D eigenvalue weighted by Crippen LogP contribution is 2.31. The molecule has 3 rings (SSSR count). The highest BCUT2D eigenvalue weighted by atomic mass is 16.3. The van der Waals surface area contributed by atoms with E-state index >= 15 is 0 Å². The van der Waals surface area contributed by atoms with E-state index in [4.69, 9.17) is 4.42 Å². The Labute approximate surface area is 125 Å². The number of rotatable bonds is 1. The van der Waals surface area contributed by atoms with Crippen molar-refractivity contribution in [2.24, 2.45) is 0 Å². The molecule has 0 fully saturated rings. The summed E-state index contributed by atoms with van der Waals surface area (Å²) in [4.78, 5) is 0. The minimum absolute atomic E-state index is 0.736. The predicted octanol–water partition coefficient (Wildman–Crippen LogP) is 4.96. The Morgan fingerprint density at radius 1 is 0.762 bits per heavy atom. The highest BCUT2D eigenvalue weighted by Gasteiger charge is 2.14. The molecule has 1 heterocycles. The molecule has 0 spiro atoms. The molecule has 102 valence electrons. The lowest BCUT2D eigenvalue weighted by atomic mass is 10.0. The van der Waals surface area contributed by atoms with Crippen molar-refractivity contribution in [3.05, 3.63) is 83.3 Å². The lowest BCUT2D eigenvalue weighted by Crippen LogP contribution is -1.82. The van der Waals surface area contributed by atoms with Crippen LogP contribution >= 0.6 is 0 Å².